The maximum Gasteiger partial charge on any atom is 0.287 e. The van der Waals surface area contributed by atoms with Gasteiger partial charge < -0.3 is 4.98 Å². The summed E-state index contributed by atoms with van der Waals surface area (Å²) in [5.41, 5.74) is 0.816. The van der Waals surface area contributed by atoms with Gasteiger partial charge in [-0.3, -0.25) is 12.0 Å². The van der Waals surface area contributed by atoms with E-state index < -0.39 is 0 Å². The Morgan fingerprint density at radius 1 is 1.50 bits per heavy atom. The number of H-pyrrole nitrogens is 1. The van der Waals surface area contributed by atoms with Gasteiger partial charge in [0.15, 0.2) is 11.2 Å². The quantitative estimate of drug-likeness (QED) is 0.617. The summed E-state index contributed by atoms with van der Waals surface area (Å²) in [6.45, 7) is 0. The maximum absolute atomic E-state index is 11.8. The van der Waals surface area contributed by atoms with Crippen molar-refractivity contribution in [1.29, 1.82) is 0 Å². The van der Waals surface area contributed by atoms with Crippen molar-refractivity contribution in [2.45, 2.75) is 0 Å². The van der Waals surface area contributed by atoms with Crippen molar-refractivity contribution in [2.75, 3.05) is 0 Å². The number of rotatable bonds is 0. The maximum atomic E-state index is 11.8. The van der Waals surface area contributed by atoms with E-state index in [2.05, 4.69) is 15.0 Å². The van der Waals surface area contributed by atoms with Crippen molar-refractivity contribution in [3.63, 3.8) is 0 Å². The van der Waals surface area contributed by atoms with Gasteiger partial charge in [0, 0.05) is 12.4 Å². The van der Waals surface area contributed by atoms with Gasteiger partial charge in [0.05, 0.1) is 22.9 Å². The Morgan fingerprint density at radius 2 is 2.36 bits per heavy atom. The van der Waals surface area contributed by atoms with Crippen LogP contribution in [0.1, 0.15) is 0 Å². The Bertz CT molecular complexity index is 678. The second kappa shape index (κ2) is 2.56. The predicted octanol–water partition coefficient (Wildman–Crippen LogP) is 0.570. The molecule has 0 aliphatic heterocycles. The minimum absolute atomic E-state index is 0.151. The van der Waals surface area contributed by atoms with Crippen LogP contribution in [-0.2, 0) is 0 Å². The first kappa shape index (κ1) is 7.97. The lowest BCUT2D eigenvalue weighted by Crippen LogP contribution is -2.13. The second-order valence-electron chi connectivity index (χ2n) is 2.80. The smallest absolute Gasteiger partial charge is 0.287 e. The molecule has 0 saturated heterocycles. The molecule has 1 N–H and O–H groups in total. The van der Waals surface area contributed by atoms with E-state index in [1.165, 1.54) is 4.40 Å². The highest BCUT2D eigenvalue weighted by molar-refractivity contribution is 14.1. The summed E-state index contributed by atoms with van der Waals surface area (Å²) < 4.78 is 3.13. The van der Waals surface area contributed by atoms with Gasteiger partial charge in [-0.05, 0) is 0 Å². The normalized spacial score (nSPS) is 11.5. The third-order valence-corrected chi connectivity index (χ3v) is 2.71. The van der Waals surface area contributed by atoms with Crippen molar-refractivity contribution >= 4 is 39.8 Å². The van der Waals surface area contributed by atoms with Crippen LogP contribution in [-0.4, -0.2) is 22.1 Å². The fraction of sp³-hybridized carbons (Fsp3) is 0. The fourth-order valence-corrected chi connectivity index (χ4v) is 1.83. The molecule has 3 rings (SSSR count). The molecule has 0 aliphatic carbocycles. The molecule has 0 spiro atoms. The van der Waals surface area contributed by atoms with E-state index in [4.69, 9.17) is 0 Å². The summed E-state index contributed by atoms with van der Waals surface area (Å²) in [4.78, 5) is 22.9. The lowest BCUT2D eigenvalue weighted by atomic mass is 10.5. The topological polar surface area (TPSA) is 68.0 Å². The first-order valence-electron chi connectivity index (χ1n) is 3.86. The highest BCUT2D eigenvalue weighted by Crippen LogP contribution is 2.09. The van der Waals surface area contributed by atoms with Crippen LogP contribution in [0.4, 0.5) is 0 Å². The summed E-state index contributed by atoms with van der Waals surface area (Å²) in [6, 6.07) is 0. The number of hydrogen-bond acceptors (Lipinski definition) is 3. The number of aromatic nitrogens is 5. The van der Waals surface area contributed by atoms with E-state index >= 15 is 0 Å². The van der Waals surface area contributed by atoms with Gasteiger partial charge in [-0.2, -0.15) is 4.98 Å². The standard InChI is InChI=1S/C7H4IN5O/c8-13-3-10-4-5(13)11-7-9-1-2-12(7)6(4)14/h1-3H,(H,9,11). The Balaban J connectivity index is 2.72. The van der Waals surface area contributed by atoms with Crippen molar-refractivity contribution in [3.05, 3.63) is 29.1 Å². The Kier molecular flexibility index (Phi) is 1.46. The third-order valence-electron chi connectivity index (χ3n) is 2.00. The molecule has 3 aromatic rings. The van der Waals surface area contributed by atoms with Gasteiger partial charge in [-0.15, -0.1) is 0 Å². The highest BCUT2D eigenvalue weighted by atomic mass is 127. The molecule has 0 aromatic carbocycles. The summed E-state index contributed by atoms with van der Waals surface area (Å²) in [7, 11) is 0. The van der Waals surface area contributed by atoms with Gasteiger partial charge in [0.1, 0.15) is 6.33 Å². The van der Waals surface area contributed by atoms with Gasteiger partial charge in [-0.1, -0.05) is 0 Å². The van der Waals surface area contributed by atoms with E-state index in [1.807, 2.05) is 22.9 Å². The predicted molar refractivity (Wildman–Crippen MR) is 58.5 cm³/mol. The molecule has 0 amide bonds. The number of hydrogen-bond donors (Lipinski definition) is 1. The van der Waals surface area contributed by atoms with E-state index in [1.54, 1.807) is 21.5 Å². The monoisotopic (exact) mass is 301 g/mol. The van der Waals surface area contributed by atoms with Crippen LogP contribution in [0, 0.1) is 0 Å². The minimum Gasteiger partial charge on any atom is -0.330 e. The van der Waals surface area contributed by atoms with Crippen molar-refractivity contribution in [2.24, 2.45) is 0 Å². The zero-order valence-electron chi connectivity index (χ0n) is 6.81. The van der Waals surface area contributed by atoms with Crippen LogP contribution in [0.5, 0.6) is 0 Å². The molecular weight excluding hydrogens is 297 g/mol. The number of halogens is 1. The van der Waals surface area contributed by atoms with Crippen molar-refractivity contribution < 1.29 is 0 Å². The summed E-state index contributed by atoms with van der Waals surface area (Å²) in [6.07, 6.45) is 4.87. The van der Waals surface area contributed by atoms with Crippen molar-refractivity contribution in [1.82, 2.24) is 22.1 Å². The lowest BCUT2D eigenvalue weighted by molar-refractivity contribution is 1.08. The zero-order chi connectivity index (χ0) is 9.71. The van der Waals surface area contributed by atoms with E-state index in [0.717, 1.165) is 0 Å². The van der Waals surface area contributed by atoms with Crippen LogP contribution >= 0.6 is 22.9 Å². The second-order valence-corrected chi connectivity index (χ2v) is 3.84. The molecule has 6 nitrogen and oxygen atoms in total. The number of imidazole rings is 2. The molecule has 0 bridgehead atoms. The summed E-state index contributed by atoms with van der Waals surface area (Å²) in [5, 5.41) is 0. The highest BCUT2D eigenvalue weighted by Gasteiger charge is 2.09. The SMILES string of the molecule is O=c1c2ncn(I)c2nc2[nH]ccn12. The first-order chi connectivity index (χ1) is 6.77. The molecular formula is C7H4IN5O. The van der Waals surface area contributed by atoms with E-state index in [9.17, 15) is 4.79 Å². The molecule has 3 heterocycles. The fourth-order valence-electron chi connectivity index (χ4n) is 1.36. The van der Waals surface area contributed by atoms with Gasteiger partial charge >= 0.3 is 0 Å². The Hall–Kier alpha value is -1.38. The zero-order valence-corrected chi connectivity index (χ0v) is 8.96. The largest absolute Gasteiger partial charge is 0.330 e. The molecule has 0 atom stereocenters. The average molecular weight is 301 g/mol. The van der Waals surface area contributed by atoms with Crippen LogP contribution in [0.25, 0.3) is 16.9 Å². The molecule has 0 saturated carbocycles. The van der Waals surface area contributed by atoms with Crippen LogP contribution in [0.3, 0.4) is 0 Å². The summed E-state index contributed by atoms with van der Waals surface area (Å²) in [5.74, 6) is 0.529. The Morgan fingerprint density at radius 3 is 3.21 bits per heavy atom. The minimum atomic E-state index is -0.151. The molecule has 7 heteroatoms. The third kappa shape index (κ3) is 0.870. The van der Waals surface area contributed by atoms with Gasteiger partial charge in [0.25, 0.3) is 5.56 Å². The van der Waals surface area contributed by atoms with Gasteiger partial charge in [0.2, 0.25) is 5.78 Å². The molecule has 70 valence electrons. The number of nitrogens with zero attached hydrogens (tertiary/aromatic N) is 4. The number of aromatic amines is 1. The average Bonchev–Trinajstić information content (AvgIpc) is 2.75. The molecule has 0 aliphatic rings. The molecule has 0 radical (unpaired) electrons. The number of fused-ring (bicyclic) bond motifs is 2. The van der Waals surface area contributed by atoms with Crippen LogP contribution in [0.15, 0.2) is 23.5 Å². The first-order valence-corrected chi connectivity index (χ1v) is 4.83. The summed E-state index contributed by atoms with van der Waals surface area (Å²) >= 11 is 2.03. The van der Waals surface area contributed by atoms with E-state index in [-0.39, 0.29) is 5.56 Å². The molecule has 0 unspecified atom stereocenters. The molecule has 3 aromatic heterocycles. The van der Waals surface area contributed by atoms with Crippen LogP contribution < -0.4 is 5.56 Å². The molecule has 14 heavy (non-hydrogen) atoms. The molecule has 0 fully saturated rings. The Labute approximate surface area is 91.1 Å². The number of nitrogens with one attached hydrogen (secondary N) is 1. The van der Waals surface area contributed by atoms with Gasteiger partial charge in [-0.25, -0.2) is 4.98 Å². The van der Waals surface area contributed by atoms with Crippen LogP contribution in [0.2, 0.25) is 0 Å². The van der Waals surface area contributed by atoms with E-state index in [0.29, 0.717) is 16.9 Å². The lowest BCUT2D eigenvalue weighted by Gasteiger charge is -1.92. The van der Waals surface area contributed by atoms with Crippen molar-refractivity contribution in [3.8, 4) is 0 Å².